The van der Waals surface area contributed by atoms with Crippen LogP contribution in [-0.2, 0) is 13.1 Å². The van der Waals surface area contributed by atoms with Gasteiger partial charge in [-0.3, -0.25) is 4.90 Å². The Morgan fingerprint density at radius 1 is 0.920 bits per heavy atom. The van der Waals surface area contributed by atoms with Gasteiger partial charge in [-0.2, -0.15) is 10.2 Å². The van der Waals surface area contributed by atoms with Crippen LogP contribution < -0.4 is 0 Å². The van der Waals surface area contributed by atoms with Gasteiger partial charge in [-0.05, 0) is 54.1 Å². The van der Waals surface area contributed by atoms with Crippen LogP contribution in [-0.4, -0.2) is 48.4 Å². The lowest BCUT2D eigenvalue weighted by atomic mass is 9.93. The van der Waals surface area contributed by atoms with E-state index in [2.05, 4.69) is 48.8 Å². The molecule has 3 heterocycles. The van der Waals surface area contributed by atoms with Crippen molar-refractivity contribution in [1.82, 2.24) is 35.3 Å². The van der Waals surface area contributed by atoms with E-state index >= 15 is 0 Å². The molecule has 25 heavy (non-hydrogen) atoms. The minimum atomic E-state index is 0.505. The Morgan fingerprint density at radius 2 is 1.76 bits per heavy atom. The van der Waals surface area contributed by atoms with Gasteiger partial charge in [0.15, 0.2) is 5.82 Å². The average molecular weight is 335 g/mol. The number of likely N-dealkylation sites (tertiary alicyclic amines) is 1. The first-order chi connectivity index (χ1) is 12.4. The summed E-state index contributed by atoms with van der Waals surface area (Å²) in [5, 5.41) is 20.5. The fraction of sp³-hybridized carbons (Fsp3) is 0.389. The van der Waals surface area contributed by atoms with Gasteiger partial charge in [-0.25, -0.2) is 4.68 Å². The van der Waals surface area contributed by atoms with Crippen molar-refractivity contribution in [1.29, 1.82) is 0 Å². The van der Waals surface area contributed by atoms with Crippen molar-refractivity contribution in [2.45, 2.75) is 31.8 Å². The van der Waals surface area contributed by atoms with Gasteiger partial charge < -0.3 is 0 Å². The summed E-state index contributed by atoms with van der Waals surface area (Å²) in [7, 11) is 0. The lowest BCUT2D eigenvalue weighted by molar-refractivity contribution is 0.195. The number of benzene rings is 1. The Morgan fingerprint density at radius 3 is 2.52 bits per heavy atom. The summed E-state index contributed by atoms with van der Waals surface area (Å²) in [6.45, 7) is 3.55. The van der Waals surface area contributed by atoms with Crippen molar-refractivity contribution >= 4 is 0 Å². The van der Waals surface area contributed by atoms with E-state index in [0.717, 1.165) is 44.0 Å². The normalized spacial score (nSPS) is 16.2. The van der Waals surface area contributed by atoms with Crippen molar-refractivity contribution in [3.05, 3.63) is 65.7 Å². The Bertz CT molecular complexity index is 779. The smallest absolute Gasteiger partial charge is 0.165 e. The second kappa shape index (κ2) is 7.48. The van der Waals surface area contributed by atoms with Crippen LogP contribution >= 0.6 is 0 Å². The van der Waals surface area contributed by atoms with Gasteiger partial charge in [0.1, 0.15) is 0 Å². The summed E-state index contributed by atoms with van der Waals surface area (Å²) in [6, 6.07) is 14.3. The molecule has 3 aromatic rings. The van der Waals surface area contributed by atoms with Gasteiger partial charge in [0.25, 0.3) is 0 Å². The molecule has 0 amide bonds. The molecule has 1 aliphatic rings. The van der Waals surface area contributed by atoms with E-state index in [-0.39, 0.29) is 0 Å². The van der Waals surface area contributed by atoms with Crippen LogP contribution in [0.25, 0.3) is 0 Å². The van der Waals surface area contributed by atoms with E-state index in [4.69, 9.17) is 0 Å². The molecule has 128 valence electrons. The van der Waals surface area contributed by atoms with Crippen LogP contribution in [0, 0.1) is 0 Å². The Labute approximate surface area is 146 Å². The molecule has 1 saturated heterocycles. The number of hydrogen-bond acceptors (Lipinski definition) is 6. The van der Waals surface area contributed by atoms with Gasteiger partial charge >= 0.3 is 0 Å². The van der Waals surface area contributed by atoms with Crippen LogP contribution in [0.1, 0.15) is 35.8 Å². The minimum Gasteiger partial charge on any atom is -0.296 e. The Hall–Kier alpha value is -2.67. The van der Waals surface area contributed by atoms with E-state index in [1.54, 1.807) is 6.20 Å². The Balaban J connectivity index is 1.36. The van der Waals surface area contributed by atoms with Crippen LogP contribution in [0.3, 0.4) is 0 Å². The number of nitrogens with zero attached hydrogens (tertiary/aromatic N) is 7. The highest BCUT2D eigenvalue weighted by Crippen LogP contribution is 2.26. The molecular formula is C18H21N7. The van der Waals surface area contributed by atoms with Crippen LogP contribution in [0.5, 0.6) is 0 Å². The zero-order chi connectivity index (χ0) is 16.9. The first-order valence-electron chi connectivity index (χ1n) is 8.67. The molecule has 0 atom stereocenters. The molecule has 0 unspecified atom stereocenters. The maximum atomic E-state index is 4.26. The average Bonchev–Trinajstić information content (AvgIpc) is 3.10. The zero-order valence-corrected chi connectivity index (χ0v) is 14.1. The third-order valence-corrected chi connectivity index (χ3v) is 4.75. The summed E-state index contributed by atoms with van der Waals surface area (Å²) in [6.07, 6.45) is 3.92. The topological polar surface area (TPSA) is 72.6 Å². The fourth-order valence-corrected chi connectivity index (χ4v) is 3.33. The zero-order valence-electron chi connectivity index (χ0n) is 14.1. The van der Waals surface area contributed by atoms with E-state index < -0.39 is 0 Å². The third-order valence-electron chi connectivity index (χ3n) is 4.75. The summed E-state index contributed by atoms with van der Waals surface area (Å²) in [4.78, 5) is 2.42. The van der Waals surface area contributed by atoms with Gasteiger partial charge in [0.05, 0.1) is 18.8 Å². The van der Waals surface area contributed by atoms with Crippen molar-refractivity contribution < 1.29 is 0 Å². The molecule has 4 rings (SSSR count). The first kappa shape index (κ1) is 15.8. The molecule has 0 spiro atoms. The van der Waals surface area contributed by atoms with Crippen molar-refractivity contribution in [2.75, 3.05) is 13.1 Å². The fourth-order valence-electron chi connectivity index (χ4n) is 3.33. The van der Waals surface area contributed by atoms with E-state index in [1.165, 1.54) is 5.56 Å². The highest BCUT2D eigenvalue weighted by atomic mass is 15.5. The quantitative estimate of drug-likeness (QED) is 0.709. The molecule has 7 nitrogen and oxygen atoms in total. The third kappa shape index (κ3) is 3.88. The van der Waals surface area contributed by atoms with Crippen molar-refractivity contribution in [3.8, 4) is 0 Å². The van der Waals surface area contributed by atoms with Gasteiger partial charge in [-0.1, -0.05) is 30.3 Å². The number of piperidine rings is 1. The Kier molecular flexibility index (Phi) is 4.74. The monoisotopic (exact) mass is 335 g/mol. The molecule has 0 N–H and O–H groups in total. The molecule has 0 bridgehead atoms. The van der Waals surface area contributed by atoms with E-state index in [9.17, 15) is 0 Å². The number of aromatic nitrogens is 6. The standard InChI is InChI=1S/C18H21N7/c1-2-5-15(6-3-1)13-25-18(21-22-23-25)14-24-11-8-16(9-12-24)17-7-4-10-19-20-17/h1-7,10,16H,8-9,11-14H2. The molecule has 7 heteroatoms. The predicted molar refractivity (Wildman–Crippen MR) is 92.6 cm³/mol. The summed E-state index contributed by atoms with van der Waals surface area (Å²) >= 11 is 0. The van der Waals surface area contributed by atoms with Crippen LogP contribution in [0.15, 0.2) is 48.7 Å². The van der Waals surface area contributed by atoms with Gasteiger partial charge in [-0.15, -0.1) is 5.10 Å². The molecule has 0 saturated carbocycles. The lowest BCUT2D eigenvalue weighted by Crippen LogP contribution is -2.33. The SMILES string of the molecule is c1ccc(Cn2nnnc2CN2CCC(c3cccnn3)CC2)cc1. The molecule has 1 fully saturated rings. The number of rotatable bonds is 5. The van der Waals surface area contributed by atoms with Crippen molar-refractivity contribution in [2.24, 2.45) is 0 Å². The van der Waals surface area contributed by atoms with E-state index in [1.807, 2.05) is 28.9 Å². The highest BCUT2D eigenvalue weighted by molar-refractivity contribution is 5.15. The van der Waals surface area contributed by atoms with Crippen molar-refractivity contribution in [3.63, 3.8) is 0 Å². The lowest BCUT2D eigenvalue weighted by Gasteiger charge is -2.30. The first-order valence-corrected chi connectivity index (χ1v) is 8.67. The van der Waals surface area contributed by atoms with Crippen LogP contribution in [0.2, 0.25) is 0 Å². The summed E-state index contributed by atoms with van der Waals surface area (Å²) < 4.78 is 1.89. The maximum absolute atomic E-state index is 4.26. The van der Waals surface area contributed by atoms with Gasteiger partial charge in [0.2, 0.25) is 0 Å². The predicted octanol–water partition coefficient (Wildman–Crippen LogP) is 1.89. The minimum absolute atomic E-state index is 0.505. The van der Waals surface area contributed by atoms with Crippen LogP contribution in [0.4, 0.5) is 0 Å². The number of tetrazole rings is 1. The van der Waals surface area contributed by atoms with Gasteiger partial charge in [0, 0.05) is 12.1 Å². The summed E-state index contributed by atoms with van der Waals surface area (Å²) in [5.41, 5.74) is 2.31. The largest absolute Gasteiger partial charge is 0.296 e. The maximum Gasteiger partial charge on any atom is 0.165 e. The highest BCUT2D eigenvalue weighted by Gasteiger charge is 2.23. The molecule has 0 radical (unpaired) electrons. The van der Waals surface area contributed by atoms with E-state index in [0.29, 0.717) is 12.5 Å². The summed E-state index contributed by atoms with van der Waals surface area (Å²) in [5.74, 6) is 1.42. The molecular weight excluding hydrogens is 314 g/mol. The molecule has 2 aromatic heterocycles. The second-order valence-electron chi connectivity index (χ2n) is 6.44. The molecule has 1 aliphatic heterocycles. The molecule has 0 aliphatic carbocycles. The number of hydrogen-bond donors (Lipinski definition) is 0. The second-order valence-corrected chi connectivity index (χ2v) is 6.44. The molecule has 1 aromatic carbocycles.